The second-order valence-electron chi connectivity index (χ2n) is 6.03. The molecule has 1 rings (SSSR count). The van der Waals surface area contributed by atoms with E-state index < -0.39 is 23.7 Å². The molecule has 1 aromatic carbocycles. The Kier molecular flexibility index (Phi) is 5.49. The number of carbonyl (C=O) groups is 2. The average molecular weight is 293 g/mol. The van der Waals surface area contributed by atoms with Gasteiger partial charge in [0.15, 0.2) is 0 Å². The number of ether oxygens (including phenoxy) is 1. The first-order valence-corrected chi connectivity index (χ1v) is 6.92. The van der Waals surface area contributed by atoms with Gasteiger partial charge in [-0.25, -0.2) is 4.79 Å². The summed E-state index contributed by atoms with van der Waals surface area (Å²) in [6.45, 7) is 8.55. The van der Waals surface area contributed by atoms with Crippen molar-refractivity contribution < 1.29 is 19.4 Å². The maximum Gasteiger partial charge on any atom is 0.328 e. The van der Waals surface area contributed by atoms with Gasteiger partial charge in [-0.2, -0.15) is 0 Å². The molecule has 2 atom stereocenters. The van der Waals surface area contributed by atoms with Crippen LogP contribution in [0.1, 0.15) is 56.6 Å². The van der Waals surface area contributed by atoms with Crippen LogP contribution in [-0.2, 0) is 9.53 Å². The molecular weight excluding hydrogens is 270 g/mol. The molecule has 1 unspecified atom stereocenters. The van der Waals surface area contributed by atoms with E-state index in [1.54, 1.807) is 58.9 Å². The van der Waals surface area contributed by atoms with E-state index in [2.05, 4.69) is 5.32 Å². The van der Waals surface area contributed by atoms with Crippen LogP contribution in [0.3, 0.4) is 0 Å². The average Bonchev–Trinajstić information content (AvgIpc) is 2.36. The van der Waals surface area contributed by atoms with Gasteiger partial charge in [0.2, 0.25) is 0 Å². The Labute approximate surface area is 125 Å². The van der Waals surface area contributed by atoms with Crippen molar-refractivity contribution >= 4 is 11.9 Å². The highest BCUT2D eigenvalue weighted by Gasteiger charge is 2.23. The van der Waals surface area contributed by atoms with Crippen LogP contribution in [-0.4, -0.2) is 28.6 Å². The number of carbonyl (C=O) groups excluding carboxylic acids is 2. The van der Waals surface area contributed by atoms with Gasteiger partial charge in [-0.1, -0.05) is 12.1 Å². The van der Waals surface area contributed by atoms with Gasteiger partial charge < -0.3 is 15.2 Å². The highest BCUT2D eigenvalue weighted by atomic mass is 16.6. The van der Waals surface area contributed by atoms with Gasteiger partial charge >= 0.3 is 5.97 Å². The summed E-state index contributed by atoms with van der Waals surface area (Å²) < 4.78 is 5.20. The van der Waals surface area contributed by atoms with Crippen LogP contribution in [0.15, 0.2) is 24.3 Å². The van der Waals surface area contributed by atoms with Crippen molar-refractivity contribution in [1.29, 1.82) is 0 Å². The van der Waals surface area contributed by atoms with E-state index in [4.69, 9.17) is 4.74 Å². The Morgan fingerprint density at radius 3 is 2.10 bits per heavy atom. The third kappa shape index (κ3) is 5.55. The van der Waals surface area contributed by atoms with E-state index in [9.17, 15) is 14.7 Å². The van der Waals surface area contributed by atoms with Crippen LogP contribution in [0.2, 0.25) is 0 Å². The summed E-state index contributed by atoms with van der Waals surface area (Å²) in [6, 6.07) is 5.85. The van der Waals surface area contributed by atoms with Gasteiger partial charge in [-0.3, -0.25) is 4.79 Å². The molecule has 2 N–H and O–H groups in total. The van der Waals surface area contributed by atoms with E-state index >= 15 is 0 Å². The number of benzene rings is 1. The van der Waals surface area contributed by atoms with E-state index in [1.807, 2.05) is 0 Å². The minimum absolute atomic E-state index is 0.356. The van der Waals surface area contributed by atoms with Crippen LogP contribution < -0.4 is 5.32 Å². The fourth-order valence-corrected chi connectivity index (χ4v) is 1.64. The molecule has 0 saturated heterocycles. The highest BCUT2D eigenvalue weighted by Crippen LogP contribution is 2.13. The summed E-state index contributed by atoms with van der Waals surface area (Å²) >= 11 is 0. The van der Waals surface area contributed by atoms with Gasteiger partial charge in [0, 0.05) is 5.56 Å². The molecule has 0 saturated carbocycles. The van der Waals surface area contributed by atoms with Crippen molar-refractivity contribution in [2.24, 2.45) is 0 Å². The van der Waals surface area contributed by atoms with Gasteiger partial charge in [-0.15, -0.1) is 0 Å². The van der Waals surface area contributed by atoms with Gasteiger partial charge in [0.05, 0.1) is 6.10 Å². The van der Waals surface area contributed by atoms with E-state index in [-0.39, 0.29) is 5.91 Å². The van der Waals surface area contributed by atoms with Crippen molar-refractivity contribution in [2.45, 2.75) is 52.4 Å². The number of nitrogens with one attached hydrogen (secondary N) is 1. The predicted molar refractivity (Wildman–Crippen MR) is 79.8 cm³/mol. The molecule has 1 amide bonds. The van der Waals surface area contributed by atoms with Crippen LogP contribution in [0.25, 0.3) is 0 Å². The number of aliphatic hydroxyl groups is 1. The summed E-state index contributed by atoms with van der Waals surface area (Å²) in [5.41, 5.74) is 0.566. The molecule has 0 aliphatic carbocycles. The number of amides is 1. The number of rotatable bonds is 4. The summed E-state index contributed by atoms with van der Waals surface area (Å²) in [7, 11) is 0. The Morgan fingerprint density at radius 1 is 1.14 bits per heavy atom. The number of hydrogen-bond acceptors (Lipinski definition) is 4. The summed E-state index contributed by atoms with van der Waals surface area (Å²) in [6.07, 6.45) is -0.581. The molecule has 0 fully saturated rings. The molecule has 0 heterocycles. The van der Waals surface area contributed by atoms with Crippen molar-refractivity contribution in [1.82, 2.24) is 5.32 Å². The SMILES string of the molecule is CC(O)c1ccc(C(=O)N[C@@H](C)C(=O)OC(C)(C)C)cc1. The van der Waals surface area contributed by atoms with Crippen molar-refractivity contribution in [3.05, 3.63) is 35.4 Å². The highest BCUT2D eigenvalue weighted by molar-refractivity contribution is 5.96. The molecule has 0 aliphatic heterocycles. The third-order valence-electron chi connectivity index (χ3n) is 2.76. The fraction of sp³-hybridized carbons (Fsp3) is 0.500. The quantitative estimate of drug-likeness (QED) is 0.834. The molecule has 5 nitrogen and oxygen atoms in total. The zero-order valence-corrected chi connectivity index (χ0v) is 13.1. The molecule has 1 aromatic rings. The lowest BCUT2D eigenvalue weighted by molar-refractivity contribution is -0.156. The Bertz CT molecular complexity index is 500. The van der Waals surface area contributed by atoms with Crippen LogP contribution in [0.4, 0.5) is 0 Å². The smallest absolute Gasteiger partial charge is 0.328 e. The zero-order valence-electron chi connectivity index (χ0n) is 13.1. The largest absolute Gasteiger partial charge is 0.458 e. The van der Waals surface area contributed by atoms with Crippen LogP contribution in [0.5, 0.6) is 0 Å². The minimum Gasteiger partial charge on any atom is -0.458 e. The summed E-state index contributed by atoms with van der Waals surface area (Å²) in [4.78, 5) is 23.8. The molecule has 0 aliphatic rings. The second-order valence-corrected chi connectivity index (χ2v) is 6.03. The Balaban J connectivity index is 2.66. The standard InChI is InChI=1S/C16H23NO4/c1-10(15(20)21-16(3,4)5)17-14(19)13-8-6-12(7-9-13)11(2)18/h6-11,18H,1-5H3,(H,17,19)/t10-,11?/m0/s1. The van der Waals surface area contributed by atoms with E-state index in [0.29, 0.717) is 5.56 Å². The monoisotopic (exact) mass is 293 g/mol. The molecule has 0 bridgehead atoms. The lowest BCUT2D eigenvalue weighted by Crippen LogP contribution is -2.42. The third-order valence-corrected chi connectivity index (χ3v) is 2.76. The number of esters is 1. The van der Waals surface area contributed by atoms with Gasteiger partial charge in [-0.05, 0) is 52.3 Å². The maximum atomic E-state index is 12.0. The van der Waals surface area contributed by atoms with Crippen molar-refractivity contribution in [3.63, 3.8) is 0 Å². The minimum atomic E-state index is -0.729. The Morgan fingerprint density at radius 2 is 1.67 bits per heavy atom. The van der Waals surface area contributed by atoms with Crippen LogP contribution >= 0.6 is 0 Å². The van der Waals surface area contributed by atoms with Gasteiger partial charge in [0.1, 0.15) is 11.6 Å². The summed E-state index contributed by atoms with van der Waals surface area (Å²) in [5.74, 6) is -0.832. The lowest BCUT2D eigenvalue weighted by atomic mass is 10.1. The zero-order chi connectivity index (χ0) is 16.2. The van der Waals surface area contributed by atoms with Gasteiger partial charge in [0.25, 0.3) is 5.91 Å². The lowest BCUT2D eigenvalue weighted by Gasteiger charge is -2.22. The first-order valence-electron chi connectivity index (χ1n) is 6.92. The first kappa shape index (κ1) is 17.2. The normalized spacial score (nSPS) is 14.2. The maximum absolute atomic E-state index is 12.0. The van der Waals surface area contributed by atoms with Crippen LogP contribution in [0, 0.1) is 0 Å². The molecule has 5 heteroatoms. The number of hydrogen-bond donors (Lipinski definition) is 2. The van der Waals surface area contributed by atoms with E-state index in [0.717, 1.165) is 5.56 Å². The molecule has 116 valence electrons. The fourth-order valence-electron chi connectivity index (χ4n) is 1.64. The molecule has 0 radical (unpaired) electrons. The predicted octanol–water partition coefficient (Wildman–Crippen LogP) is 2.20. The van der Waals surface area contributed by atoms with E-state index in [1.165, 1.54) is 0 Å². The summed E-state index contributed by atoms with van der Waals surface area (Å²) in [5, 5.41) is 12.0. The topological polar surface area (TPSA) is 75.6 Å². The first-order chi connectivity index (χ1) is 9.60. The van der Waals surface area contributed by atoms with Crippen molar-refractivity contribution in [3.8, 4) is 0 Å². The Hall–Kier alpha value is -1.88. The van der Waals surface area contributed by atoms with Crippen molar-refractivity contribution in [2.75, 3.05) is 0 Å². The second kappa shape index (κ2) is 6.72. The molecule has 0 spiro atoms. The number of aliphatic hydroxyl groups excluding tert-OH is 1. The molecule has 21 heavy (non-hydrogen) atoms. The molecule has 0 aromatic heterocycles. The molecular formula is C16H23NO4.